The van der Waals surface area contributed by atoms with Gasteiger partial charge in [0.1, 0.15) is 11.3 Å². The number of pyridine rings is 1. The molecule has 0 aromatic carbocycles. The molecule has 1 aliphatic carbocycles. The van der Waals surface area contributed by atoms with Crippen molar-refractivity contribution in [2.45, 2.75) is 38.2 Å². The lowest BCUT2D eigenvalue weighted by Crippen LogP contribution is -2.42. The summed E-state index contributed by atoms with van der Waals surface area (Å²) in [6.45, 7) is 2.37. The number of carbonyl (C=O) groups excluding carboxylic acids is 1. The van der Waals surface area contributed by atoms with E-state index in [1.54, 1.807) is 6.20 Å². The van der Waals surface area contributed by atoms with Gasteiger partial charge in [0.15, 0.2) is 0 Å². The topological polar surface area (TPSA) is 46.8 Å². The summed E-state index contributed by atoms with van der Waals surface area (Å²) in [5, 5.41) is 0. The number of nitrogens with zero attached hydrogens (tertiary/aromatic N) is 3. The molecule has 1 saturated carbocycles. The van der Waals surface area contributed by atoms with Gasteiger partial charge in [-0.25, -0.2) is 4.98 Å². The standard InChI is InChI=1S/C18H23N3O2/c22-18(16-11-19-17-8-1-2-9-21(16)17)20(12-14-5-3-6-14)13-15-7-4-10-23-15/h1-2,8-9,11,14-15H,3-7,10,12-13H2/t15-/m0/s1. The monoisotopic (exact) mass is 313 g/mol. The zero-order chi connectivity index (χ0) is 15.6. The average Bonchev–Trinajstić information content (AvgIpc) is 3.18. The van der Waals surface area contributed by atoms with Crippen LogP contribution in [0.5, 0.6) is 0 Å². The van der Waals surface area contributed by atoms with Crippen molar-refractivity contribution >= 4 is 11.6 Å². The molecule has 2 fully saturated rings. The Morgan fingerprint density at radius 2 is 2.17 bits per heavy atom. The molecule has 3 heterocycles. The van der Waals surface area contributed by atoms with Crippen LogP contribution in [0.2, 0.25) is 0 Å². The summed E-state index contributed by atoms with van der Waals surface area (Å²) in [6.07, 6.45) is 9.73. The fraction of sp³-hybridized carbons (Fsp3) is 0.556. The molecule has 2 aromatic rings. The second-order valence-electron chi connectivity index (χ2n) is 6.71. The summed E-state index contributed by atoms with van der Waals surface area (Å²) in [7, 11) is 0. The van der Waals surface area contributed by atoms with Crippen LogP contribution in [0.15, 0.2) is 30.6 Å². The Bertz CT molecular complexity index is 686. The predicted molar refractivity (Wildman–Crippen MR) is 87.4 cm³/mol. The van der Waals surface area contributed by atoms with E-state index in [1.165, 1.54) is 19.3 Å². The Kier molecular flexibility index (Phi) is 4.04. The van der Waals surface area contributed by atoms with Gasteiger partial charge in [0.2, 0.25) is 0 Å². The second kappa shape index (κ2) is 6.32. The van der Waals surface area contributed by atoms with Crippen LogP contribution in [0.3, 0.4) is 0 Å². The van der Waals surface area contributed by atoms with Crippen molar-refractivity contribution in [3.8, 4) is 0 Å². The molecular formula is C18H23N3O2. The van der Waals surface area contributed by atoms with Crippen molar-refractivity contribution in [2.24, 2.45) is 5.92 Å². The summed E-state index contributed by atoms with van der Waals surface area (Å²) in [6, 6.07) is 5.80. The smallest absolute Gasteiger partial charge is 0.272 e. The van der Waals surface area contributed by atoms with Crippen LogP contribution >= 0.6 is 0 Å². The second-order valence-corrected chi connectivity index (χ2v) is 6.71. The van der Waals surface area contributed by atoms with E-state index in [-0.39, 0.29) is 12.0 Å². The van der Waals surface area contributed by atoms with Gasteiger partial charge >= 0.3 is 0 Å². The molecule has 122 valence electrons. The molecule has 5 nitrogen and oxygen atoms in total. The zero-order valence-corrected chi connectivity index (χ0v) is 13.4. The normalized spacial score (nSPS) is 21.5. The van der Waals surface area contributed by atoms with Crippen LogP contribution in [0, 0.1) is 5.92 Å². The molecular weight excluding hydrogens is 290 g/mol. The van der Waals surface area contributed by atoms with Gasteiger partial charge in [-0.15, -0.1) is 0 Å². The van der Waals surface area contributed by atoms with Crippen LogP contribution in [0.25, 0.3) is 5.65 Å². The number of aromatic nitrogens is 2. The lowest BCUT2D eigenvalue weighted by atomic mass is 9.85. The average molecular weight is 313 g/mol. The number of carbonyl (C=O) groups is 1. The molecule has 0 spiro atoms. The third-order valence-electron chi connectivity index (χ3n) is 5.07. The summed E-state index contributed by atoms with van der Waals surface area (Å²) in [4.78, 5) is 19.4. The number of hydrogen-bond acceptors (Lipinski definition) is 3. The van der Waals surface area contributed by atoms with E-state index in [0.29, 0.717) is 18.2 Å². The van der Waals surface area contributed by atoms with Crippen LogP contribution < -0.4 is 0 Å². The zero-order valence-electron chi connectivity index (χ0n) is 13.4. The van der Waals surface area contributed by atoms with E-state index in [4.69, 9.17) is 4.74 Å². The van der Waals surface area contributed by atoms with E-state index in [0.717, 1.165) is 31.6 Å². The number of amides is 1. The Balaban J connectivity index is 1.57. The van der Waals surface area contributed by atoms with Gasteiger partial charge in [0, 0.05) is 25.9 Å². The summed E-state index contributed by atoms with van der Waals surface area (Å²) >= 11 is 0. The maximum Gasteiger partial charge on any atom is 0.272 e. The van der Waals surface area contributed by atoms with Crippen LogP contribution in [-0.4, -0.2) is 46.0 Å². The molecule has 2 aliphatic rings. The highest BCUT2D eigenvalue weighted by molar-refractivity contribution is 5.93. The van der Waals surface area contributed by atoms with Gasteiger partial charge in [0.05, 0.1) is 12.3 Å². The molecule has 1 atom stereocenters. The Morgan fingerprint density at radius 1 is 1.26 bits per heavy atom. The first-order valence-corrected chi connectivity index (χ1v) is 8.64. The lowest BCUT2D eigenvalue weighted by Gasteiger charge is -2.33. The fourth-order valence-corrected chi connectivity index (χ4v) is 3.51. The summed E-state index contributed by atoms with van der Waals surface area (Å²) < 4.78 is 7.64. The molecule has 1 aliphatic heterocycles. The van der Waals surface area contributed by atoms with Gasteiger partial charge in [-0.1, -0.05) is 12.5 Å². The Hall–Kier alpha value is -1.88. The van der Waals surface area contributed by atoms with E-state index >= 15 is 0 Å². The minimum absolute atomic E-state index is 0.0751. The van der Waals surface area contributed by atoms with Crippen LogP contribution in [0.1, 0.15) is 42.6 Å². The Morgan fingerprint density at radius 3 is 2.91 bits per heavy atom. The van der Waals surface area contributed by atoms with E-state index in [9.17, 15) is 4.79 Å². The SMILES string of the molecule is O=C(c1cnc2ccccn12)N(CC1CCC1)C[C@@H]1CCCO1. The quantitative estimate of drug-likeness (QED) is 0.853. The third kappa shape index (κ3) is 2.98. The maximum atomic E-state index is 13.1. The highest BCUT2D eigenvalue weighted by atomic mass is 16.5. The molecule has 0 bridgehead atoms. The van der Waals surface area contributed by atoms with Gasteiger partial charge in [0.25, 0.3) is 5.91 Å². The molecule has 1 amide bonds. The van der Waals surface area contributed by atoms with Crippen molar-refractivity contribution in [3.05, 3.63) is 36.3 Å². The molecule has 0 radical (unpaired) electrons. The highest BCUT2D eigenvalue weighted by Crippen LogP contribution is 2.28. The molecule has 0 N–H and O–H groups in total. The molecule has 1 saturated heterocycles. The van der Waals surface area contributed by atoms with Crippen LogP contribution in [-0.2, 0) is 4.74 Å². The number of fused-ring (bicyclic) bond motifs is 1. The molecule has 5 heteroatoms. The van der Waals surface area contributed by atoms with Gasteiger partial charge in [-0.05, 0) is 43.7 Å². The number of imidazole rings is 1. The first-order chi connectivity index (χ1) is 11.3. The number of hydrogen-bond donors (Lipinski definition) is 0. The van der Waals surface area contributed by atoms with Crippen molar-refractivity contribution in [1.29, 1.82) is 0 Å². The fourth-order valence-electron chi connectivity index (χ4n) is 3.51. The maximum absolute atomic E-state index is 13.1. The highest BCUT2D eigenvalue weighted by Gasteiger charge is 2.29. The third-order valence-corrected chi connectivity index (χ3v) is 5.07. The number of ether oxygens (including phenoxy) is 1. The molecule has 23 heavy (non-hydrogen) atoms. The van der Waals surface area contributed by atoms with Crippen molar-refractivity contribution in [3.63, 3.8) is 0 Å². The van der Waals surface area contributed by atoms with E-state index in [1.807, 2.05) is 33.7 Å². The van der Waals surface area contributed by atoms with Gasteiger partial charge in [-0.2, -0.15) is 0 Å². The van der Waals surface area contributed by atoms with Crippen molar-refractivity contribution in [2.75, 3.05) is 19.7 Å². The lowest BCUT2D eigenvalue weighted by molar-refractivity contribution is 0.0443. The first kappa shape index (κ1) is 14.7. The summed E-state index contributed by atoms with van der Waals surface area (Å²) in [5.41, 5.74) is 1.47. The number of rotatable bonds is 5. The van der Waals surface area contributed by atoms with E-state index < -0.39 is 0 Å². The van der Waals surface area contributed by atoms with Gasteiger partial charge in [-0.3, -0.25) is 9.20 Å². The molecule has 0 unspecified atom stereocenters. The predicted octanol–water partition coefficient (Wildman–Crippen LogP) is 2.76. The van der Waals surface area contributed by atoms with E-state index in [2.05, 4.69) is 4.98 Å². The first-order valence-electron chi connectivity index (χ1n) is 8.64. The minimum atomic E-state index is 0.0751. The largest absolute Gasteiger partial charge is 0.376 e. The summed E-state index contributed by atoms with van der Waals surface area (Å²) in [5.74, 6) is 0.727. The van der Waals surface area contributed by atoms with Crippen molar-refractivity contribution in [1.82, 2.24) is 14.3 Å². The molecule has 2 aromatic heterocycles. The Labute approximate surface area is 136 Å². The van der Waals surface area contributed by atoms with Crippen LogP contribution in [0.4, 0.5) is 0 Å². The van der Waals surface area contributed by atoms with Gasteiger partial charge < -0.3 is 9.64 Å². The van der Waals surface area contributed by atoms with Crippen molar-refractivity contribution < 1.29 is 9.53 Å². The molecule has 4 rings (SSSR count). The minimum Gasteiger partial charge on any atom is -0.376 e.